The van der Waals surface area contributed by atoms with E-state index in [1.54, 1.807) is 6.92 Å². The summed E-state index contributed by atoms with van der Waals surface area (Å²) >= 11 is 0. The van der Waals surface area contributed by atoms with E-state index < -0.39 is 14.9 Å². The lowest BCUT2D eigenvalue weighted by Crippen LogP contribution is -2.48. The van der Waals surface area contributed by atoms with E-state index in [1.807, 2.05) is 32.6 Å². The van der Waals surface area contributed by atoms with Gasteiger partial charge in [-0.1, -0.05) is 6.07 Å². The van der Waals surface area contributed by atoms with Crippen molar-refractivity contribution in [3.05, 3.63) is 33.9 Å². The van der Waals surface area contributed by atoms with Crippen LogP contribution in [-0.4, -0.2) is 53.6 Å². The second kappa shape index (κ2) is 8.57. The van der Waals surface area contributed by atoms with Crippen molar-refractivity contribution in [1.29, 1.82) is 0 Å². The summed E-state index contributed by atoms with van der Waals surface area (Å²) in [6.07, 6.45) is 0.893. The average Bonchev–Trinajstić information content (AvgIpc) is 2.61. The Kier molecular flexibility index (Phi) is 6.82. The molecule has 1 saturated heterocycles. The summed E-state index contributed by atoms with van der Waals surface area (Å²) in [5.41, 5.74) is 0.216. The maximum Gasteiger partial charge on any atom is 0.270 e. The number of nitrogens with zero attached hydrogens (tertiary/aromatic N) is 3. The Morgan fingerprint density at radius 2 is 1.71 bits per heavy atom. The van der Waals surface area contributed by atoms with Crippen LogP contribution in [0.25, 0.3) is 0 Å². The molecule has 0 aliphatic carbocycles. The van der Waals surface area contributed by atoms with Crippen LogP contribution >= 0.6 is 0 Å². The number of aryl methyl sites for hydroxylation is 1. The van der Waals surface area contributed by atoms with Gasteiger partial charge in [-0.05, 0) is 53.0 Å². The summed E-state index contributed by atoms with van der Waals surface area (Å²) in [7, 11) is -3.85. The van der Waals surface area contributed by atoms with Crippen LogP contribution in [0.2, 0.25) is 0 Å². The van der Waals surface area contributed by atoms with Gasteiger partial charge in [0.2, 0.25) is 15.9 Å². The third-order valence-corrected chi connectivity index (χ3v) is 7.21. The maximum absolute atomic E-state index is 13.0. The zero-order valence-corrected chi connectivity index (χ0v) is 17.9. The van der Waals surface area contributed by atoms with Crippen molar-refractivity contribution in [1.82, 2.24) is 9.21 Å². The van der Waals surface area contributed by atoms with Crippen LogP contribution < -0.4 is 0 Å². The van der Waals surface area contributed by atoms with Crippen LogP contribution in [-0.2, 0) is 14.8 Å². The molecule has 0 aromatic heterocycles. The minimum atomic E-state index is -3.85. The van der Waals surface area contributed by atoms with Crippen molar-refractivity contribution in [3.8, 4) is 0 Å². The summed E-state index contributed by atoms with van der Waals surface area (Å²) in [4.78, 5) is 25.1. The summed E-state index contributed by atoms with van der Waals surface area (Å²) in [6.45, 7) is 9.97. The van der Waals surface area contributed by atoms with E-state index in [1.165, 1.54) is 16.4 Å². The Balaban J connectivity index is 2.17. The predicted octanol–water partition coefficient (Wildman–Crippen LogP) is 2.95. The molecular formula is C19H29N3O5S. The largest absolute Gasteiger partial charge is 0.338 e. The molecule has 1 amide bonds. The Morgan fingerprint density at radius 1 is 1.18 bits per heavy atom. The van der Waals surface area contributed by atoms with Crippen molar-refractivity contribution >= 4 is 21.6 Å². The van der Waals surface area contributed by atoms with Gasteiger partial charge >= 0.3 is 0 Å². The molecule has 0 unspecified atom stereocenters. The van der Waals surface area contributed by atoms with Crippen LogP contribution in [0.1, 0.15) is 46.1 Å². The fourth-order valence-electron chi connectivity index (χ4n) is 3.78. The van der Waals surface area contributed by atoms with E-state index in [9.17, 15) is 23.3 Å². The van der Waals surface area contributed by atoms with Crippen molar-refractivity contribution < 1.29 is 18.1 Å². The first kappa shape index (κ1) is 22.3. The smallest absolute Gasteiger partial charge is 0.270 e. The molecule has 0 bridgehead atoms. The fraction of sp³-hybridized carbons (Fsp3) is 0.632. The number of carbonyl (C=O) groups excluding carboxylic acids is 1. The van der Waals surface area contributed by atoms with Crippen LogP contribution in [0.15, 0.2) is 23.1 Å². The minimum absolute atomic E-state index is 0.0440. The number of hydrogen-bond donors (Lipinski definition) is 0. The number of non-ortho nitro benzene ring substituents is 1. The lowest BCUT2D eigenvalue weighted by Gasteiger charge is -2.37. The van der Waals surface area contributed by atoms with Gasteiger partial charge in [0.15, 0.2) is 0 Å². The van der Waals surface area contributed by atoms with Gasteiger partial charge in [-0.15, -0.1) is 0 Å². The van der Waals surface area contributed by atoms with E-state index >= 15 is 0 Å². The van der Waals surface area contributed by atoms with Crippen LogP contribution in [0.3, 0.4) is 0 Å². The number of benzene rings is 1. The molecule has 8 nitrogen and oxygen atoms in total. The number of nitro groups is 1. The van der Waals surface area contributed by atoms with Gasteiger partial charge < -0.3 is 4.90 Å². The first-order chi connectivity index (χ1) is 13.0. The van der Waals surface area contributed by atoms with Gasteiger partial charge in [-0.3, -0.25) is 14.9 Å². The highest BCUT2D eigenvalue weighted by atomic mass is 32.2. The highest BCUT2D eigenvalue weighted by Crippen LogP contribution is 2.29. The molecule has 0 N–H and O–H groups in total. The number of nitro benzene ring substituents is 1. The number of hydrogen-bond acceptors (Lipinski definition) is 5. The Labute approximate surface area is 166 Å². The molecule has 0 atom stereocenters. The quantitative estimate of drug-likeness (QED) is 0.529. The standard InChI is InChI=1S/C19H29N3O5S/c1-13(2)21(14(3)4)19(23)16-8-10-20(11-9-16)28(26,27)18-12-17(22(24)25)7-6-15(18)5/h6-7,12-14,16H,8-11H2,1-5H3. The van der Waals surface area contributed by atoms with Gasteiger partial charge in [0, 0.05) is 43.2 Å². The van der Waals surface area contributed by atoms with Gasteiger partial charge in [0.25, 0.3) is 5.69 Å². The Bertz CT molecular complexity index is 835. The minimum Gasteiger partial charge on any atom is -0.338 e. The average molecular weight is 412 g/mol. The number of sulfonamides is 1. The lowest BCUT2D eigenvalue weighted by molar-refractivity contribution is -0.385. The topological polar surface area (TPSA) is 101 Å². The zero-order chi connectivity index (χ0) is 21.2. The molecule has 2 rings (SSSR count). The van der Waals surface area contributed by atoms with E-state index in [0.29, 0.717) is 18.4 Å². The van der Waals surface area contributed by atoms with Crippen LogP contribution in [0.5, 0.6) is 0 Å². The van der Waals surface area contributed by atoms with Crippen LogP contribution in [0.4, 0.5) is 5.69 Å². The van der Waals surface area contributed by atoms with E-state index in [2.05, 4.69) is 0 Å². The second-order valence-electron chi connectivity index (χ2n) is 7.82. The van der Waals surface area contributed by atoms with Crippen LogP contribution in [0, 0.1) is 23.0 Å². The zero-order valence-electron chi connectivity index (χ0n) is 17.1. The molecule has 1 aromatic rings. The third-order valence-electron chi connectivity index (χ3n) is 5.17. The highest BCUT2D eigenvalue weighted by molar-refractivity contribution is 7.89. The van der Waals surface area contributed by atoms with Gasteiger partial charge in [-0.25, -0.2) is 8.42 Å². The first-order valence-electron chi connectivity index (χ1n) is 9.54. The van der Waals surface area contributed by atoms with E-state index in [0.717, 1.165) is 6.07 Å². The summed E-state index contributed by atoms with van der Waals surface area (Å²) in [6, 6.07) is 4.03. The number of rotatable bonds is 6. The SMILES string of the molecule is Cc1ccc([N+](=O)[O-])cc1S(=O)(=O)N1CCC(C(=O)N(C(C)C)C(C)C)CC1. The molecule has 0 spiro atoms. The van der Waals surface area contributed by atoms with Gasteiger partial charge in [-0.2, -0.15) is 4.31 Å². The molecule has 1 heterocycles. The maximum atomic E-state index is 13.0. The Hall–Kier alpha value is -2.00. The molecule has 1 aliphatic rings. The second-order valence-corrected chi connectivity index (χ2v) is 9.72. The lowest BCUT2D eigenvalue weighted by atomic mass is 9.95. The predicted molar refractivity (Wildman–Crippen MR) is 106 cm³/mol. The molecule has 0 saturated carbocycles. The Morgan fingerprint density at radius 3 is 2.18 bits per heavy atom. The molecule has 1 aliphatic heterocycles. The molecule has 156 valence electrons. The molecular weight excluding hydrogens is 382 g/mol. The molecule has 28 heavy (non-hydrogen) atoms. The number of amides is 1. The van der Waals surface area contributed by atoms with Crippen molar-refractivity contribution in [2.24, 2.45) is 5.92 Å². The molecule has 9 heteroatoms. The normalized spacial score (nSPS) is 16.5. The van der Waals surface area contributed by atoms with Crippen molar-refractivity contribution in [2.45, 2.75) is 64.4 Å². The molecule has 0 radical (unpaired) electrons. The van der Waals surface area contributed by atoms with E-state index in [4.69, 9.17) is 0 Å². The van der Waals surface area contributed by atoms with Crippen molar-refractivity contribution in [3.63, 3.8) is 0 Å². The monoisotopic (exact) mass is 411 g/mol. The van der Waals surface area contributed by atoms with Crippen molar-refractivity contribution in [2.75, 3.05) is 13.1 Å². The van der Waals surface area contributed by atoms with Gasteiger partial charge in [0.1, 0.15) is 0 Å². The fourth-order valence-corrected chi connectivity index (χ4v) is 5.49. The first-order valence-corrected chi connectivity index (χ1v) is 11.0. The molecule has 1 aromatic carbocycles. The number of carbonyl (C=O) groups is 1. The van der Waals surface area contributed by atoms with Gasteiger partial charge in [0.05, 0.1) is 9.82 Å². The summed E-state index contributed by atoms with van der Waals surface area (Å²) < 4.78 is 27.4. The van der Waals surface area contributed by atoms with E-state index in [-0.39, 0.29) is 47.6 Å². The third kappa shape index (κ3) is 4.52. The number of piperidine rings is 1. The summed E-state index contributed by atoms with van der Waals surface area (Å²) in [5, 5.41) is 11.0. The summed E-state index contributed by atoms with van der Waals surface area (Å²) in [5.74, 6) is -0.143. The highest BCUT2D eigenvalue weighted by Gasteiger charge is 2.36. The molecule has 1 fully saturated rings.